The number of hydrogen-bond acceptors (Lipinski definition) is 4. The van der Waals surface area contributed by atoms with Gasteiger partial charge in [-0.25, -0.2) is 8.42 Å². The lowest BCUT2D eigenvalue weighted by molar-refractivity contribution is -0.140. The Morgan fingerprint density at radius 3 is 2.12 bits per heavy atom. The van der Waals surface area contributed by atoms with Crippen LogP contribution in [0.3, 0.4) is 0 Å². The van der Waals surface area contributed by atoms with Gasteiger partial charge in [0.05, 0.1) is 20.6 Å². The van der Waals surface area contributed by atoms with Gasteiger partial charge in [0, 0.05) is 13.1 Å². The molecular formula is C33H41Cl2N3O4S. The standard InChI is InChI=1S/C33H41Cl2N3O4S/c1-6-8-19-36-33(40)31(7-2)37(21-25-11-18-29(34)30(35)20-25)32(39)22-38(27-14-12-26(13-15-27)23(3)4)43(41,42)28-16-9-24(5)10-17-28/h9-18,20,23,31H,6-8,19,21-22H2,1-5H3,(H,36,40). The highest BCUT2D eigenvalue weighted by molar-refractivity contribution is 7.92. The van der Waals surface area contributed by atoms with E-state index in [-0.39, 0.29) is 23.3 Å². The number of carbonyl (C=O) groups is 2. The Morgan fingerprint density at radius 2 is 1.56 bits per heavy atom. The molecule has 3 aromatic carbocycles. The summed E-state index contributed by atoms with van der Waals surface area (Å²) in [6.07, 6.45) is 2.04. The van der Waals surface area contributed by atoms with E-state index in [2.05, 4.69) is 19.2 Å². The smallest absolute Gasteiger partial charge is 0.264 e. The van der Waals surface area contributed by atoms with Crippen LogP contribution in [0.1, 0.15) is 69.6 Å². The number of nitrogens with zero attached hydrogens (tertiary/aromatic N) is 2. The van der Waals surface area contributed by atoms with Gasteiger partial charge in [0.15, 0.2) is 0 Å². The number of aryl methyl sites for hydroxylation is 1. The Bertz CT molecular complexity index is 1490. The van der Waals surface area contributed by atoms with Gasteiger partial charge in [-0.05, 0) is 73.2 Å². The summed E-state index contributed by atoms with van der Waals surface area (Å²) in [4.78, 5) is 29.0. The van der Waals surface area contributed by atoms with Crippen molar-refractivity contribution >= 4 is 50.7 Å². The van der Waals surface area contributed by atoms with E-state index in [1.807, 2.05) is 32.9 Å². The molecular weight excluding hydrogens is 605 g/mol. The van der Waals surface area contributed by atoms with Crippen LogP contribution in [0.5, 0.6) is 0 Å². The molecule has 0 aliphatic rings. The Labute approximate surface area is 266 Å². The van der Waals surface area contributed by atoms with E-state index in [9.17, 15) is 18.0 Å². The molecule has 43 heavy (non-hydrogen) atoms. The first-order chi connectivity index (χ1) is 20.4. The zero-order valence-corrected chi connectivity index (χ0v) is 27.8. The Morgan fingerprint density at radius 1 is 0.907 bits per heavy atom. The van der Waals surface area contributed by atoms with E-state index in [4.69, 9.17) is 23.2 Å². The number of carbonyl (C=O) groups excluding carboxylic acids is 2. The summed E-state index contributed by atoms with van der Waals surface area (Å²) < 4.78 is 29.2. The highest BCUT2D eigenvalue weighted by atomic mass is 35.5. The van der Waals surface area contributed by atoms with Gasteiger partial charge in [-0.1, -0.05) is 93.2 Å². The Kier molecular flexibility index (Phi) is 12.5. The monoisotopic (exact) mass is 645 g/mol. The lowest BCUT2D eigenvalue weighted by atomic mass is 10.0. The average Bonchev–Trinajstić information content (AvgIpc) is 2.97. The second-order valence-corrected chi connectivity index (χ2v) is 13.6. The van der Waals surface area contributed by atoms with Crippen LogP contribution >= 0.6 is 23.2 Å². The van der Waals surface area contributed by atoms with E-state index in [1.54, 1.807) is 42.5 Å². The molecule has 0 radical (unpaired) electrons. The quantitative estimate of drug-likeness (QED) is 0.186. The molecule has 1 N–H and O–H groups in total. The molecule has 7 nitrogen and oxygen atoms in total. The van der Waals surface area contributed by atoms with Crippen molar-refractivity contribution in [3.63, 3.8) is 0 Å². The van der Waals surface area contributed by atoms with Crippen LogP contribution in [0.4, 0.5) is 5.69 Å². The number of unbranched alkanes of at least 4 members (excludes halogenated alkanes) is 1. The van der Waals surface area contributed by atoms with E-state index < -0.39 is 28.5 Å². The number of rotatable bonds is 14. The van der Waals surface area contributed by atoms with Gasteiger partial charge < -0.3 is 10.2 Å². The van der Waals surface area contributed by atoms with Crippen molar-refractivity contribution in [2.24, 2.45) is 0 Å². The summed E-state index contributed by atoms with van der Waals surface area (Å²) in [5.41, 5.74) is 2.97. The SMILES string of the molecule is CCCCNC(=O)C(CC)N(Cc1ccc(Cl)c(Cl)c1)C(=O)CN(c1ccc(C(C)C)cc1)S(=O)(=O)c1ccc(C)cc1. The second-order valence-electron chi connectivity index (χ2n) is 10.9. The first-order valence-corrected chi connectivity index (χ1v) is 16.8. The van der Waals surface area contributed by atoms with Crippen molar-refractivity contribution in [1.82, 2.24) is 10.2 Å². The summed E-state index contributed by atoms with van der Waals surface area (Å²) >= 11 is 12.4. The van der Waals surface area contributed by atoms with Crippen molar-refractivity contribution < 1.29 is 18.0 Å². The van der Waals surface area contributed by atoms with E-state index >= 15 is 0 Å². The van der Waals surface area contributed by atoms with Crippen molar-refractivity contribution in [3.8, 4) is 0 Å². The van der Waals surface area contributed by atoms with Crippen molar-refractivity contribution in [2.75, 3.05) is 17.4 Å². The number of halogens is 2. The van der Waals surface area contributed by atoms with Crippen LogP contribution in [0.2, 0.25) is 10.0 Å². The molecule has 0 bridgehead atoms. The van der Waals surface area contributed by atoms with Crippen LogP contribution < -0.4 is 9.62 Å². The van der Waals surface area contributed by atoms with Crippen LogP contribution in [0.15, 0.2) is 71.6 Å². The maximum atomic E-state index is 14.2. The fourth-order valence-electron chi connectivity index (χ4n) is 4.65. The highest BCUT2D eigenvalue weighted by Crippen LogP contribution is 2.28. The number of anilines is 1. The fraction of sp³-hybridized carbons (Fsp3) is 0.394. The third-order valence-electron chi connectivity index (χ3n) is 7.29. The molecule has 1 unspecified atom stereocenters. The Balaban J connectivity index is 2.07. The molecule has 2 amide bonds. The zero-order chi connectivity index (χ0) is 31.7. The number of hydrogen-bond donors (Lipinski definition) is 1. The third kappa shape index (κ3) is 8.97. The lowest BCUT2D eigenvalue weighted by Crippen LogP contribution is -2.52. The number of nitrogens with one attached hydrogen (secondary N) is 1. The van der Waals surface area contributed by atoms with Gasteiger partial charge in [0.1, 0.15) is 12.6 Å². The van der Waals surface area contributed by atoms with Gasteiger partial charge in [-0.3, -0.25) is 13.9 Å². The molecule has 3 aromatic rings. The minimum Gasteiger partial charge on any atom is -0.354 e. The summed E-state index contributed by atoms with van der Waals surface area (Å²) in [5, 5.41) is 3.62. The summed E-state index contributed by atoms with van der Waals surface area (Å²) in [6.45, 7) is 9.85. The van der Waals surface area contributed by atoms with Crippen LogP contribution in [0.25, 0.3) is 0 Å². The van der Waals surface area contributed by atoms with Crippen molar-refractivity contribution in [2.45, 2.75) is 77.3 Å². The van der Waals surface area contributed by atoms with Crippen molar-refractivity contribution in [1.29, 1.82) is 0 Å². The molecule has 0 aliphatic carbocycles. The van der Waals surface area contributed by atoms with Gasteiger partial charge in [-0.2, -0.15) is 0 Å². The maximum absolute atomic E-state index is 14.2. The number of sulfonamides is 1. The molecule has 232 valence electrons. The van der Waals surface area contributed by atoms with Gasteiger partial charge in [0.2, 0.25) is 11.8 Å². The lowest BCUT2D eigenvalue weighted by Gasteiger charge is -2.33. The van der Waals surface area contributed by atoms with Crippen LogP contribution in [-0.2, 0) is 26.2 Å². The first kappa shape index (κ1) is 34.4. The molecule has 0 saturated heterocycles. The minimum absolute atomic E-state index is 0.0418. The number of amides is 2. The van der Waals surface area contributed by atoms with Crippen LogP contribution in [-0.4, -0.2) is 44.3 Å². The molecule has 1 atom stereocenters. The van der Waals surface area contributed by atoms with Gasteiger partial charge in [0.25, 0.3) is 10.0 Å². The molecule has 10 heteroatoms. The predicted molar refractivity (Wildman–Crippen MR) is 175 cm³/mol. The van der Waals surface area contributed by atoms with Gasteiger partial charge >= 0.3 is 0 Å². The molecule has 3 rings (SSSR count). The van der Waals surface area contributed by atoms with Crippen LogP contribution in [0, 0.1) is 6.92 Å². The summed E-state index contributed by atoms with van der Waals surface area (Å²) in [5.74, 6) is -0.568. The van der Waals surface area contributed by atoms with Crippen molar-refractivity contribution in [3.05, 3.63) is 93.5 Å². The van der Waals surface area contributed by atoms with E-state index in [1.165, 1.54) is 17.0 Å². The first-order valence-electron chi connectivity index (χ1n) is 14.6. The third-order valence-corrected chi connectivity index (χ3v) is 9.82. The largest absolute Gasteiger partial charge is 0.354 e. The topological polar surface area (TPSA) is 86.8 Å². The Hall–Kier alpha value is -3.07. The normalized spacial score (nSPS) is 12.2. The molecule has 0 aliphatic heterocycles. The molecule has 0 aromatic heterocycles. The fourth-order valence-corrected chi connectivity index (χ4v) is 6.39. The van der Waals surface area contributed by atoms with Gasteiger partial charge in [-0.15, -0.1) is 0 Å². The minimum atomic E-state index is -4.14. The predicted octanol–water partition coefficient (Wildman–Crippen LogP) is 7.34. The van der Waals surface area contributed by atoms with E-state index in [0.29, 0.717) is 34.3 Å². The maximum Gasteiger partial charge on any atom is 0.264 e. The molecule has 0 spiro atoms. The summed E-state index contributed by atoms with van der Waals surface area (Å²) in [7, 11) is -4.14. The molecule has 0 saturated carbocycles. The summed E-state index contributed by atoms with van der Waals surface area (Å²) in [6, 6.07) is 17.9. The zero-order valence-electron chi connectivity index (χ0n) is 25.4. The molecule has 0 fully saturated rings. The average molecular weight is 647 g/mol. The second kappa shape index (κ2) is 15.6. The number of benzene rings is 3. The molecule has 0 heterocycles. The highest BCUT2D eigenvalue weighted by Gasteiger charge is 2.33. The van der Waals surface area contributed by atoms with E-state index in [0.717, 1.165) is 28.3 Å².